The molecule has 0 saturated carbocycles. The number of furan rings is 2. The minimum atomic E-state index is -0.413. The first-order chi connectivity index (χ1) is 52.5. The fraction of sp³-hybridized carbons (Fsp3) is 0.0204. The van der Waals surface area contributed by atoms with Crippen LogP contribution < -0.4 is 0 Å². The van der Waals surface area contributed by atoms with Gasteiger partial charge in [0.15, 0.2) is 34.9 Å². The average molecular weight is 1350 g/mol. The maximum atomic E-state index is 7.00. The molecule has 106 heavy (non-hydrogen) atoms. The molecule has 4 heterocycles. The molecule has 0 unspecified atom stereocenters. The van der Waals surface area contributed by atoms with E-state index in [0.29, 0.717) is 34.9 Å². The van der Waals surface area contributed by atoms with Crippen molar-refractivity contribution in [3.63, 3.8) is 0 Å². The fourth-order valence-electron chi connectivity index (χ4n) is 17.8. The summed E-state index contributed by atoms with van der Waals surface area (Å²) in [6.07, 6.45) is 0. The minimum Gasteiger partial charge on any atom is -0.455 e. The largest absolute Gasteiger partial charge is 0.455 e. The van der Waals surface area contributed by atoms with Crippen molar-refractivity contribution in [2.75, 3.05) is 0 Å². The summed E-state index contributed by atoms with van der Waals surface area (Å²) in [6.45, 7) is 0. The van der Waals surface area contributed by atoms with E-state index < -0.39 is 10.8 Å². The van der Waals surface area contributed by atoms with E-state index in [9.17, 15) is 0 Å². The second kappa shape index (κ2) is 23.2. The molecule has 0 radical (unpaired) electrons. The summed E-state index contributed by atoms with van der Waals surface area (Å²) in [4.78, 5) is 29.7. The number of rotatable bonds is 7. The molecule has 0 fully saturated rings. The van der Waals surface area contributed by atoms with E-state index in [1.54, 1.807) is 0 Å². The van der Waals surface area contributed by atoms with Crippen molar-refractivity contribution in [2.24, 2.45) is 0 Å². The zero-order valence-electron chi connectivity index (χ0n) is 57.0. The van der Waals surface area contributed by atoms with Crippen LogP contribution in [-0.2, 0) is 10.8 Å². The number of nitrogens with zero attached hydrogens (tertiary/aromatic N) is 6. The Balaban J connectivity index is 0.000000133. The van der Waals surface area contributed by atoms with E-state index >= 15 is 0 Å². The highest BCUT2D eigenvalue weighted by atomic mass is 16.3. The first-order valence-electron chi connectivity index (χ1n) is 36.0. The van der Waals surface area contributed by atoms with Gasteiger partial charge in [0.1, 0.15) is 22.3 Å². The van der Waals surface area contributed by atoms with E-state index in [1.165, 1.54) is 89.0 Å². The van der Waals surface area contributed by atoms with Gasteiger partial charge in [-0.3, -0.25) is 0 Å². The predicted molar refractivity (Wildman–Crippen MR) is 425 cm³/mol. The second-order valence-corrected chi connectivity index (χ2v) is 27.8. The zero-order valence-corrected chi connectivity index (χ0v) is 57.0. The van der Waals surface area contributed by atoms with Crippen LogP contribution in [0.1, 0.15) is 44.5 Å². The zero-order chi connectivity index (χ0) is 69.6. The third-order valence-electron chi connectivity index (χ3n) is 22.3. The molecule has 0 bridgehead atoms. The Bertz CT molecular complexity index is 6640. The maximum absolute atomic E-state index is 7.00. The summed E-state index contributed by atoms with van der Waals surface area (Å²) in [6, 6.07) is 124. The van der Waals surface area contributed by atoms with Crippen molar-refractivity contribution < 1.29 is 8.83 Å². The molecule has 0 amide bonds. The average Bonchev–Trinajstić information content (AvgIpc) is 1.51. The molecule has 19 aromatic rings. The van der Waals surface area contributed by atoms with Gasteiger partial charge in [-0.15, -0.1) is 0 Å². The number of hydrogen-bond acceptors (Lipinski definition) is 8. The van der Waals surface area contributed by atoms with Gasteiger partial charge in [-0.1, -0.05) is 315 Å². The molecule has 8 heteroatoms. The number of hydrogen-bond donors (Lipinski definition) is 0. The third-order valence-corrected chi connectivity index (χ3v) is 22.3. The molecule has 4 aliphatic rings. The summed E-state index contributed by atoms with van der Waals surface area (Å²) >= 11 is 0. The van der Waals surface area contributed by atoms with Crippen LogP contribution in [0.15, 0.2) is 361 Å². The van der Waals surface area contributed by atoms with Gasteiger partial charge in [-0.25, -0.2) is 29.9 Å². The van der Waals surface area contributed by atoms with Crippen LogP contribution in [0, 0.1) is 0 Å². The summed E-state index contributed by atoms with van der Waals surface area (Å²) in [7, 11) is 0. The molecule has 0 atom stereocenters. The number of fused-ring (bicyclic) bond motifs is 28. The molecular weight excluding hydrogens is 1290 g/mol. The lowest BCUT2D eigenvalue weighted by atomic mass is 9.70. The Kier molecular flexibility index (Phi) is 13.1. The Labute approximate surface area is 610 Å². The summed E-state index contributed by atoms with van der Waals surface area (Å²) in [5.74, 6) is 3.82. The summed E-state index contributed by atoms with van der Waals surface area (Å²) in [5.41, 5.74) is 30.9. The number of aromatic nitrogens is 6. The van der Waals surface area contributed by atoms with Gasteiger partial charge >= 0.3 is 0 Å². The predicted octanol–water partition coefficient (Wildman–Crippen LogP) is 23.9. The number of benzene rings is 15. The highest BCUT2D eigenvalue weighted by Gasteiger charge is 2.54. The molecule has 4 aliphatic carbocycles. The summed E-state index contributed by atoms with van der Waals surface area (Å²) in [5, 5.41) is 4.34. The minimum absolute atomic E-state index is 0.409. The lowest BCUT2D eigenvalue weighted by Crippen LogP contribution is -2.25. The van der Waals surface area contributed by atoms with Crippen LogP contribution in [0.2, 0.25) is 0 Å². The molecule has 23 rings (SSSR count). The molecule has 0 N–H and O–H groups in total. The Morgan fingerprint density at radius 2 is 0.472 bits per heavy atom. The van der Waals surface area contributed by atoms with Gasteiger partial charge in [0.25, 0.3) is 0 Å². The van der Waals surface area contributed by atoms with Gasteiger partial charge in [0.2, 0.25) is 0 Å². The molecule has 2 spiro atoms. The van der Waals surface area contributed by atoms with Crippen molar-refractivity contribution in [2.45, 2.75) is 10.8 Å². The maximum Gasteiger partial charge on any atom is 0.164 e. The van der Waals surface area contributed by atoms with Gasteiger partial charge in [-0.05, 0) is 125 Å². The fourth-order valence-corrected chi connectivity index (χ4v) is 17.8. The molecule has 15 aromatic carbocycles. The van der Waals surface area contributed by atoms with Crippen LogP contribution in [0.5, 0.6) is 0 Å². The van der Waals surface area contributed by atoms with Crippen LogP contribution in [-0.4, -0.2) is 29.9 Å². The van der Waals surface area contributed by atoms with Crippen molar-refractivity contribution in [1.82, 2.24) is 29.9 Å². The molecule has 0 aliphatic heterocycles. The van der Waals surface area contributed by atoms with Gasteiger partial charge in [0, 0.05) is 66.1 Å². The highest BCUT2D eigenvalue weighted by Crippen LogP contribution is 2.66. The Morgan fingerprint density at radius 1 is 0.179 bits per heavy atom. The monoisotopic (exact) mass is 1350 g/mol. The van der Waals surface area contributed by atoms with E-state index in [-0.39, 0.29) is 0 Å². The van der Waals surface area contributed by atoms with Crippen molar-refractivity contribution in [3.05, 3.63) is 396 Å². The smallest absolute Gasteiger partial charge is 0.164 e. The molecule has 0 saturated heterocycles. The normalized spacial score (nSPS) is 13.2. The molecule has 4 aromatic heterocycles. The Morgan fingerprint density at radius 3 is 0.887 bits per heavy atom. The lowest BCUT2D eigenvalue weighted by Gasteiger charge is -2.30. The Hall–Kier alpha value is -14.1. The van der Waals surface area contributed by atoms with Crippen molar-refractivity contribution in [3.8, 4) is 124 Å². The van der Waals surface area contributed by atoms with Crippen LogP contribution >= 0.6 is 0 Å². The van der Waals surface area contributed by atoms with Gasteiger partial charge in [-0.2, -0.15) is 0 Å². The molecule has 8 nitrogen and oxygen atoms in total. The first kappa shape index (κ1) is 59.6. The van der Waals surface area contributed by atoms with E-state index in [4.69, 9.17) is 38.7 Å². The highest BCUT2D eigenvalue weighted by molar-refractivity contribution is 6.15. The standard InChI is InChI=1S/C52H31N3O.C46H27N3O/c1-3-14-32(15-4-1)49-53-50(33-16-5-2-6-17-33)55-51(54-49)36-19-13-18-34(30-36)35-26-27-39-40-28-29-45-47(48(40)56-46(39)31-35)41-22-9-12-25-44(41)52(45)42-23-10-7-20-37(42)38-21-8-11-24-43(38)52;1-3-13-28(14-4-1)43-47-44(29-15-5-2-6-16-29)49-45(48-43)30-23-26-40-35(27-30)33-24-25-39-41(42(33)50-40)34-19-9-12-22-38(34)46(39)36-20-10-7-17-31(36)32-18-8-11-21-37(32)46/h1-31H;1-27H. The topological polar surface area (TPSA) is 104 Å². The first-order valence-corrected chi connectivity index (χ1v) is 36.0. The lowest BCUT2D eigenvalue weighted by molar-refractivity contribution is 0.668. The quantitative estimate of drug-likeness (QED) is 0.155. The van der Waals surface area contributed by atoms with Crippen LogP contribution in [0.4, 0.5) is 0 Å². The third kappa shape index (κ3) is 8.70. The van der Waals surface area contributed by atoms with Crippen molar-refractivity contribution in [1.29, 1.82) is 0 Å². The van der Waals surface area contributed by atoms with Gasteiger partial charge < -0.3 is 8.83 Å². The van der Waals surface area contributed by atoms with Crippen molar-refractivity contribution >= 4 is 43.9 Å². The van der Waals surface area contributed by atoms with E-state index in [0.717, 1.165) is 88.4 Å². The molecular formula is C98H58N6O2. The van der Waals surface area contributed by atoms with Gasteiger partial charge in [0.05, 0.1) is 10.8 Å². The second-order valence-electron chi connectivity index (χ2n) is 27.8. The van der Waals surface area contributed by atoms with E-state index in [1.807, 2.05) is 121 Å². The van der Waals surface area contributed by atoms with Crippen LogP contribution in [0.25, 0.3) is 168 Å². The summed E-state index contributed by atoms with van der Waals surface area (Å²) < 4.78 is 13.9. The van der Waals surface area contributed by atoms with Crippen LogP contribution in [0.3, 0.4) is 0 Å². The SMILES string of the molecule is c1ccc(-c2nc(-c3ccccc3)nc(-c3ccc4oc5c6c(ccc5c4c3)C3(c4ccccc4-c4ccccc43)c3ccccc3-6)n2)cc1.c1ccc(-c2nc(-c3ccccc3)nc(-c3cccc(-c4ccc5c(c4)oc4c6c(ccc45)C4(c5ccccc5-c5ccccc54)c4ccccc4-6)c3)n2)cc1. The molecule has 492 valence electrons. The van der Waals surface area contributed by atoms with E-state index in [2.05, 4.69) is 231 Å².